The average molecular weight is 513 g/mol. The first kappa shape index (κ1) is 24.4. The first-order chi connectivity index (χ1) is 15.6. The van der Waals surface area contributed by atoms with Gasteiger partial charge >= 0.3 is 5.97 Å². The van der Waals surface area contributed by atoms with E-state index in [0.717, 1.165) is 40.1 Å². The van der Waals surface area contributed by atoms with E-state index in [2.05, 4.69) is 15.6 Å². The van der Waals surface area contributed by atoms with Gasteiger partial charge in [-0.05, 0) is 24.3 Å². The lowest BCUT2D eigenvalue weighted by Crippen LogP contribution is -2.44. The molecule has 0 spiro atoms. The summed E-state index contributed by atoms with van der Waals surface area (Å²) in [4.78, 5) is 52.6. The Labute approximate surface area is 198 Å². The molecule has 0 atom stereocenters. The highest BCUT2D eigenvalue weighted by Gasteiger charge is 2.33. The van der Waals surface area contributed by atoms with Crippen molar-refractivity contribution in [2.45, 2.75) is 0 Å². The van der Waals surface area contributed by atoms with E-state index in [0.29, 0.717) is 15.4 Å². The number of hydrogen-bond donors (Lipinski definition) is 3. The molecule has 0 saturated carbocycles. The number of benzene rings is 1. The fourth-order valence-electron chi connectivity index (χ4n) is 2.50. The lowest BCUT2D eigenvalue weighted by atomic mass is 10.2. The molecule has 1 fully saturated rings. The molecule has 9 nitrogen and oxygen atoms in total. The minimum Gasteiger partial charge on any atom is -0.480 e. The monoisotopic (exact) mass is 512 g/mol. The zero-order chi connectivity index (χ0) is 24.1. The number of aromatic nitrogens is 1. The van der Waals surface area contributed by atoms with Crippen LogP contribution in [0, 0.1) is 11.6 Å². The number of nitrogens with one attached hydrogen (secondary N) is 2. The largest absolute Gasteiger partial charge is 0.480 e. The van der Waals surface area contributed by atoms with Crippen molar-refractivity contribution >= 4 is 69.4 Å². The minimum absolute atomic E-state index is 0.141. The van der Waals surface area contributed by atoms with Crippen LogP contribution in [0.1, 0.15) is 4.88 Å². The molecule has 1 aromatic heterocycles. The van der Waals surface area contributed by atoms with Gasteiger partial charge in [0.2, 0.25) is 11.8 Å². The first-order valence-corrected chi connectivity index (χ1v) is 11.1. The second kappa shape index (κ2) is 10.6. The summed E-state index contributed by atoms with van der Waals surface area (Å²) >= 11 is 7.29. The molecule has 2 aromatic rings. The molecule has 3 rings (SSSR count). The third-order valence-electron chi connectivity index (χ3n) is 4.02. The molecule has 1 aliphatic heterocycles. The zero-order valence-corrected chi connectivity index (χ0v) is 18.9. The molecule has 14 heteroatoms. The minimum atomic E-state index is -1.23. The number of rotatable bonds is 8. The summed E-state index contributed by atoms with van der Waals surface area (Å²) in [5.41, 5.74) is 0.384. The van der Waals surface area contributed by atoms with E-state index < -0.39 is 55.0 Å². The van der Waals surface area contributed by atoms with Gasteiger partial charge in [-0.15, -0.1) is 11.3 Å². The maximum absolute atomic E-state index is 13.5. The van der Waals surface area contributed by atoms with Gasteiger partial charge in [0.05, 0.1) is 11.4 Å². The number of hydrogen-bond acceptors (Lipinski definition) is 8. The maximum Gasteiger partial charge on any atom is 0.322 e. The van der Waals surface area contributed by atoms with E-state index >= 15 is 0 Å². The first-order valence-electron chi connectivity index (χ1n) is 9.06. The standard InChI is InChI=1S/C19H14F2N4O5S3/c20-11-2-1-9(3-12(11)21)17-24-5-10(32-17)4-13-18(30)25(19(31)33-13)8-15(27)22-6-14(26)23-7-16(28)29/h1-5H,6-8H2,(H,22,27)(H,23,26)(H,28,29)/b13-4-. The third-order valence-corrected chi connectivity index (χ3v) is 6.39. The van der Waals surface area contributed by atoms with E-state index in [-0.39, 0.29) is 9.23 Å². The van der Waals surface area contributed by atoms with Crippen LogP contribution >= 0.6 is 35.3 Å². The lowest BCUT2D eigenvalue weighted by molar-refractivity contribution is -0.138. The lowest BCUT2D eigenvalue weighted by Gasteiger charge is -2.14. The van der Waals surface area contributed by atoms with E-state index in [1.165, 1.54) is 18.3 Å². The SMILES string of the molecule is O=C(O)CNC(=O)CNC(=O)CN1C(=O)/C(=C/c2cnc(-c3ccc(F)c(F)c3)s2)SC1=S. The summed E-state index contributed by atoms with van der Waals surface area (Å²) in [6.45, 7) is -1.45. The van der Waals surface area contributed by atoms with Gasteiger partial charge in [-0.25, -0.2) is 13.8 Å². The molecule has 33 heavy (non-hydrogen) atoms. The summed E-state index contributed by atoms with van der Waals surface area (Å²) in [6, 6.07) is 3.41. The highest BCUT2D eigenvalue weighted by Crippen LogP contribution is 2.34. The van der Waals surface area contributed by atoms with Gasteiger partial charge in [0.15, 0.2) is 11.6 Å². The number of amides is 3. The Kier molecular flexibility index (Phi) is 7.84. The van der Waals surface area contributed by atoms with Gasteiger partial charge in [-0.1, -0.05) is 24.0 Å². The van der Waals surface area contributed by atoms with Crippen molar-refractivity contribution < 1.29 is 33.1 Å². The van der Waals surface area contributed by atoms with Gasteiger partial charge in [0.1, 0.15) is 22.4 Å². The second-order valence-corrected chi connectivity index (χ2v) is 9.15. The number of carbonyl (C=O) groups is 4. The highest BCUT2D eigenvalue weighted by molar-refractivity contribution is 8.26. The van der Waals surface area contributed by atoms with Crippen molar-refractivity contribution in [1.29, 1.82) is 0 Å². The van der Waals surface area contributed by atoms with Gasteiger partial charge in [-0.3, -0.25) is 24.1 Å². The van der Waals surface area contributed by atoms with Crippen LogP contribution in [0.4, 0.5) is 8.78 Å². The highest BCUT2D eigenvalue weighted by atomic mass is 32.2. The summed E-state index contributed by atoms with van der Waals surface area (Å²) in [5.74, 6) is -5.06. The Morgan fingerprint density at radius 3 is 2.58 bits per heavy atom. The Morgan fingerprint density at radius 2 is 1.88 bits per heavy atom. The second-order valence-electron chi connectivity index (χ2n) is 6.41. The van der Waals surface area contributed by atoms with Crippen molar-refractivity contribution in [3.63, 3.8) is 0 Å². The van der Waals surface area contributed by atoms with Crippen LogP contribution < -0.4 is 10.6 Å². The van der Waals surface area contributed by atoms with Crippen molar-refractivity contribution in [2.24, 2.45) is 0 Å². The van der Waals surface area contributed by atoms with Crippen molar-refractivity contribution in [1.82, 2.24) is 20.5 Å². The number of aliphatic carboxylic acids is 1. The smallest absolute Gasteiger partial charge is 0.322 e. The summed E-state index contributed by atoms with van der Waals surface area (Å²) in [7, 11) is 0. The van der Waals surface area contributed by atoms with E-state index in [9.17, 15) is 28.0 Å². The molecule has 1 aromatic carbocycles. The average Bonchev–Trinajstić information content (AvgIpc) is 3.33. The van der Waals surface area contributed by atoms with Gasteiger partial charge < -0.3 is 15.7 Å². The number of halogens is 2. The Balaban J connectivity index is 1.61. The molecule has 1 saturated heterocycles. The van der Waals surface area contributed by atoms with Crippen LogP contribution in [0.2, 0.25) is 0 Å². The van der Waals surface area contributed by atoms with Gasteiger partial charge in [0.25, 0.3) is 5.91 Å². The van der Waals surface area contributed by atoms with Crippen molar-refractivity contribution in [3.8, 4) is 10.6 Å². The molecule has 2 heterocycles. The zero-order valence-electron chi connectivity index (χ0n) is 16.5. The molecule has 1 aliphatic rings. The molecule has 0 aliphatic carbocycles. The molecule has 3 amide bonds. The van der Waals surface area contributed by atoms with Crippen LogP contribution in [-0.2, 0) is 19.2 Å². The molecule has 0 bridgehead atoms. The van der Waals surface area contributed by atoms with Crippen LogP contribution in [0.3, 0.4) is 0 Å². The topological polar surface area (TPSA) is 129 Å². The third kappa shape index (κ3) is 6.40. The van der Waals surface area contributed by atoms with E-state index in [1.54, 1.807) is 0 Å². The predicted molar refractivity (Wildman–Crippen MR) is 121 cm³/mol. The Morgan fingerprint density at radius 1 is 1.15 bits per heavy atom. The molecule has 0 unspecified atom stereocenters. The normalized spacial score (nSPS) is 14.6. The number of nitrogens with zero attached hydrogens (tertiary/aromatic N) is 2. The summed E-state index contributed by atoms with van der Waals surface area (Å²) in [5, 5.41) is 13.3. The number of carboxylic acid groups (broad SMARTS) is 1. The molecule has 0 radical (unpaired) electrons. The van der Waals surface area contributed by atoms with Crippen molar-refractivity contribution in [3.05, 3.63) is 45.8 Å². The molecule has 3 N–H and O–H groups in total. The fraction of sp³-hybridized carbons (Fsp3) is 0.158. The Hall–Kier alpha value is -3.23. The molecule has 172 valence electrons. The Bertz CT molecular complexity index is 1180. The van der Waals surface area contributed by atoms with E-state index in [1.807, 2.05) is 0 Å². The number of carbonyl (C=O) groups excluding carboxylic acids is 3. The number of thiazole rings is 1. The van der Waals surface area contributed by atoms with Crippen LogP contribution in [0.25, 0.3) is 16.6 Å². The number of carboxylic acids is 1. The van der Waals surface area contributed by atoms with Gasteiger partial charge in [-0.2, -0.15) is 0 Å². The molecular weight excluding hydrogens is 498 g/mol. The van der Waals surface area contributed by atoms with Crippen LogP contribution in [0.5, 0.6) is 0 Å². The van der Waals surface area contributed by atoms with Crippen molar-refractivity contribution in [2.75, 3.05) is 19.6 Å². The fourth-order valence-corrected chi connectivity index (χ4v) is 4.67. The maximum atomic E-state index is 13.5. The van der Waals surface area contributed by atoms with E-state index in [4.69, 9.17) is 17.3 Å². The molecular formula is C19H14F2N4O5S3. The predicted octanol–water partition coefficient (Wildman–Crippen LogP) is 1.61. The number of thioether (sulfide) groups is 1. The summed E-state index contributed by atoms with van der Waals surface area (Å²) in [6.07, 6.45) is 2.99. The van der Waals surface area contributed by atoms with Gasteiger partial charge in [0, 0.05) is 16.6 Å². The quantitative estimate of drug-likeness (QED) is 0.360. The number of thiocarbonyl (C=S) groups is 1. The van der Waals surface area contributed by atoms with Crippen LogP contribution in [0.15, 0.2) is 29.3 Å². The summed E-state index contributed by atoms with van der Waals surface area (Å²) < 4.78 is 26.7. The van der Waals surface area contributed by atoms with Crippen LogP contribution in [-0.4, -0.2) is 62.6 Å².